The quantitative estimate of drug-likeness (QED) is 0.396. The number of ether oxygens (including phenoxy) is 1. The molecule has 1 rings (SSSR count). The Morgan fingerprint density at radius 1 is 1.39 bits per heavy atom. The van der Waals surface area contributed by atoms with E-state index in [-0.39, 0.29) is 5.69 Å². The van der Waals surface area contributed by atoms with E-state index in [2.05, 4.69) is 13.5 Å². The molecule has 4 nitrogen and oxygen atoms in total. The number of rotatable bonds is 8. The third kappa shape index (κ3) is 4.57. The molecular formula is C14H19NO3. The lowest BCUT2D eigenvalue weighted by atomic mass is 10.1. The highest BCUT2D eigenvalue weighted by Gasteiger charge is 2.13. The predicted molar refractivity (Wildman–Crippen MR) is 71.9 cm³/mol. The molecule has 1 aromatic rings. The number of hydrogen-bond acceptors (Lipinski definition) is 3. The van der Waals surface area contributed by atoms with Gasteiger partial charge < -0.3 is 4.74 Å². The van der Waals surface area contributed by atoms with Crippen molar-refractivity contribution in [2.45, 2.75) is 32.6 Å². The summed E-state index contributed by atoms with van der Waals surface area (Å²) < 4.78 is 5.45. The van der Waals surface area contributed by atoms with Gasteiger partial charge in [0.15, 0.2) is 5.75 Å². The summed E-state index contributed by atoms with van der Waals surface area (Å²) in [5, 5.41) is 10.8. The van der Waals surface area contributed by atoms with E-state index in [0.29, 0.717) is 12.4 Å². The highest BCUT2D eigenvalue weighted by Crippen LogP contribution is 2.26. The maximum Gasteiger partial charge on any atom is 0.310 e. The maximum absolute atomic E-state index is 10.8. The molecule has 1 aromatic carbocycles. The molecular weight excluding hydrogens is 230 g/mol. The first-order valence-corrected chi connectivity index (χ1v) is 6.18. The van der Waals surface area contributed by atoms with Crippen LogP contribution in [0.5, 0.6) is 5.75 Å². The second kappa shape index (κ2) is 7.48. The molecule has 0 unspecified atom stereocenters. The minimum atomic E-state index is -0.429. The lowest BCUT2D eigenvalue weighted by Crippen LogP contribution is -2.01. The Morgan fingerprint density at radius 2 is 2.11 bits per heavy atom. The van der Waals surface area contributed by atoms with Crippen LogP contribution in [0.1, 0.15) is 32.6 Å². The molecule has 0 saturated heterocycles. The zero-order valence-corrected chi connectivity index (χ0v) is 10.7. The van der Waals surface area contributed by atoms with Crippen molar-refractivity contribution in [2.75, 3.05) is 6.61 Å². The second-order valence-electron chi connectivity index (χ2n) is 4.18. The fourth-order valence-corrected chi connectivity index (χ4v) is 1.59. The van der Waals surface area contributed by atoms with E-state index in [9.17, 15) is 10.1 Å². The minimum Gasteiger partial charge on any atom is -0.486 e. The second-order valence-corrected chi connectivity index (χ2v) is 4.18. The molecule has 0 saturated carbocycles. The van der Waals surface area contributed by atoms with E-state index in [0.717, 1.165) is 31.3 Å². The van der Waals surface area contributed by atoms with Gasteiger partial charge in [-0.3, -0.25) is 10.1 Å². The molecule has 0 atom stereocenters. The molecule has 0 fully saturated rings. The predicted octanol–water partition coefficient (Wildman–Crippen LogP) is 4.11. The summed E-state index contributed by atoms with van der Waals surface area (Å²) >= 11 is 0. The Balaban J connectivity index is 2.44. The molecule has 98 valence electrons. The Bertz CT molecular complexity index is 415. The molecule has 0 heterocycles. The molecule has 4 heteroatoms. The van der Waals surface area contributed by atoms with Crippen molar-refractivity contribution >= 4 is 5.69 Å². The van der Waals surface area contributed by atoms with Gasteiger partial charge in [-0.25, -0.2) is 0 Å². The highest BCUT2D eigenvalue weighted by atomic mass is 16.6. The van der Waals surface area contributed by atoms with Crippen molar-refractivity contribution in [3.05, 3.63) is 46.5 Å². The minimum absolute atomic E-state index is 0.0108. The molecule has 0 aliphatic rings. The summed E-state index contributed by atoms with van der Waals surface area (Å²) in [6, 6.07) is 6.42. The van der Waals surface area contributed by atoms with E-state index < -0.39 is 4.92 Å². The van der Waals surface area contributed by atoms with E-state index >= 15 is 0 Å². The number of hydrogen-bond donors (Lipinski definition) is 0. The zero-order chi connectivity index (χ0) is 13.4. The first-order valence-electron chi connectivity index (χ1n) is 6.18. The Labute approximate surface area is 107 Å². The zero-order valence-electron chi connectivity index (χ0n) is 10.7. The van der Waals surface area contributed by atoms with Crippen molar-refractivity contribution in [1.82, 2.24) is 0 Å². The molecule has 0 spiro atoms. The third-order valence-electron chi connectivity index (χ3n) is 2.66. The molecule has 0 aliphatic heterocycles. The average Bonchev–Trinajstić information content (AvgIpc) is 2.36. The van der Waals surface area contributed by atoms with E-state index in [1.165, 1.54) is 6.07 Å². The summed E-state index contributed by atoms with van der Waals surface area (Å²) in [6.45, 7) is 6.54. The fourth-order valence-electron chi connectivity index (χ4n) is 1.59. The molecule has 0 bridgehead atoms. The first-order chi connectivity index (χ1) is 8.65. The Morgan fingerprint density at radius 3 is 2.78 bits per heavy atom. The maximum atomic E-state index is 10.8. The molecule has 0 aromatic heterocycles. The monoisotopic (exact) mass is 249 g/mol. The van der Waals surface area contributed by atoms with Crippen LogP contribution in [0, 0.1) is 10.1 Å². The van der Waals surface area contributed by atoms with Crippen LogP contribution in [0.3, 0.4) is 0 Å². The van der Waals surface area contributed by atoms with Gasteiger partial charge in [-0.05, 0) is 18.9 Å². The van der Waals surface area contributed by atoms with Gasteiger partial charge in [0.05, 0.1) is 11.5 Å². The lowest BCUT2D eigenvalue weighted by Gasteiger charge is -2.08. The summed E-state index contributed by atoms with van der Waals surface area (Å²) in [7, 11) is 0. The van der Waals surface area contributed by atoms with Gasteiger partial charge in [0.2, 0.25) is 0 Å². The van der Waals surface area contributed by atoms with Gasteiger partial charge in [0, 0.05) is 12.5 Å². The Hall–Kier alpha value is -1.84. The van der Waals surface area contributed by atoms with Gasteiger partial charge in [-0.2, -0.15) is 0 Å². The SMILES string of the molecule is C=C(CCCC)CCOc1ccccc1[N+](=O)[O-]. The van der Waals surface area contributed by atoms with Crippen molar-refractivity contribution in [3.63, 3.8) is 0 Å². The van der Waals surface area contributed by atoms with Crippen molar-refractivity contribution in [1.29, 1.82) is 0 Å². The molecule has 0 radical (unpaired) electrons. The standard InChI is InChI=1S/C14H19NO3/c1-3-4-7-12(2)10-11-18-14-9-6-5-8-13(14)15(16)17/h5-6,8-9H,2-4,7,10-11H2,1H3. The first kappa shape index (κ1) is 14.2. The van der Waals surface area contributed by atoms with Crippen LogP contribution >= 0.6 is 0 Å². The van der Waals surface area contributed by atoms with Crippen LogP contribution in [0.2, 0.25) is 0 Å². The van der Waals surface area contributed by atoms with Crippen LogP contribution in [0.4, 0.5) is 5.69 Å². The van der Waals surface area contributed by atoms with Crippen molar-refractivity contribution < 1.29 is 9.66 Å². The van der Waals surface area contributed by atoms with E-state index in [1.807, 2.05) is 0 Å². The number of nitrogens with zero attached hydrogens (tertiary/aromatic N) is 1. The van der Waals surface area contributed by atoms with E-state index in [4.69, 9.17) is 4.74 Å². The number of benzene rings is 1. The lowest BCUT2D eigenvalue weighted by molar-refractivity contribution is -0.385. The molecule has 18 heavy (non-hydrogen) atoms. The van der Waals surface area contributed by atoms with Crippen molar-refractivity contribution in [3.8, 4) is 5.75 Å². The fraction of sp³-hybridized carbons (Fsp3) is 0.429. The topological polar surface area (TPSA) is 52.4 Å². The van der Waals surface area contributed by atoms with Crippen LogP contribution in [0.25, 0.3) is 0 Å². The van der Waals surface area contributed by atoms with E-state index in [1.54, 1.807) is 18.2 Å². The molecule has 0 amide bonds. The van der Waals surface area contributed by atoms with Gasteiger partial charge in [-0.1, -0.05) is 37.6 Å². The van der Waals surface area contributed by atoms with Gasteiger partial charge in [0.1, 0.15) is 0 Å². The molecule has 0 aliphatic carbocycles. The number of para-hydroxylation sites is 2. The van der Waals surface area contributed by atoms with Gasteiger partial charge in [0.25, 0.3) is 0 Å². The largest absolute Gasteiger partial charge is 0.486 e. The summed E-state index contributed by atoms with van der Waals surface area (Å²) in [6.07, 6.45) is 4.01. The normalized spacial score (nSPS) is 10.1. The van der Waals surface area contributed by atoms with Crippen LogP contribution in [-0.2, 0) is 0 Å². The highest BCUT2D eigenvalue weighted by molar-refractivity contribution is 5.45. The van der Waals surface area contributed by atoms with Crippen LogP contribution in [-0.4, -0.2) is 11.5 Å². The number of unbranched alkanes of at least 4 members (excludes halogenated alkanes) is 1. The van der Waals surface area contributed by atoms with Gasteiger partial charge in [-0.15, -0.1) is 0 Å². The van der Waals surface area contributed by atoms with Crippen LogP contribution in [0.15, 0.2) is 36.4 Å². The number of nitro groups is 1. The summed E-state index contributed by atoms with van der Waals surface area (Å²) in [5.41, 5.74) is 1.15. The molecule has 0 N–H and O–H groups in total. The van der Waals surface area contributed by atoms with Gasteiger partial charge >= 0.3 is 5.69 Å². The Kier molecular flexibility index (Phi) is 5.91. The smallest absolute Gasteiger partial charge is 0.310 e. The summed E-state index contributed by atoms with van der Waals surface area (Å²) in [5.74, 6) is 0.325. The van der Waals surface area contributed by atoms with Crippen molar-refractivity contribution in [2.24, 2.45) is 0 Å². The third-order valence-corrected chi connectivity index (χ3v) is 2.66. The average molecular weight is 249 g/mol. The number of nitro benzene ring substituents is 1. The van der Waals surface area contributed by atoms with Crippen LogP contribution < -0.4 is 4.74 Å². The summed E-state index contributed by atoms with van der Waals surface area (Å²) in [4.78, 5) is 10.3.